The second-order valence-electron chi connectivity index (χ2n) is 5.74. The van der Waals surface area contributed by atoms with Crippen LogP contribution in [0, 0.1) is 17.8 Å². The van der Waals surface area contributed by atoms with Crippen LogP contribution in [0.4, 0.5) is 0 Å². The van der Waals surface area contributed by atoms with Gasteiger partial charge in [0, 0.05) is 6.04 Å². The van der Waals surface area contributed by atoms with Gasteiger partial charge in [-0.15, -0.1) is 0 Å². The third-order valence-electron chi connectivity index (χ3n) is 4.36. The molecule has 4 nitrogen and oxygen atoms in total. The molecule has 4 unspecified atom stereocenters. The first-order chi connectivity index (χ1) is 8.63. The van der Waals surface area contributed by atoms with Crippen LogP contribution in [0.3, 0.4) is 0 Å². The van der Waals surface area contributed by atoms with E-state index >= 15 is 0 Å². The number of carbonyl (C=O) groups excluding carboxylic acids is 1. The SMILES string of the molecule is CCCCC1CCCC1NC(=O)C1CC1C(=O)O. The maximum Gasteiger partial charge on any atom is 0.307 e. The Bertz CT molecular complexity index is 329. The summed E-state index contributed by atoms with van der Waals surface area (Å²) in [5.74, 6) is -0.953. The van der Waals surface area contributed by atoms with Crippen molar-refractivity contribution in [2.24, 2.45) is 17.8 Å². The predicted molar refractivity (Wildman–Crippen MR) is 68.0 cm³/mol. The zero-order valence-electron chi connectivity index (χ0n) is 11.0. The molecule has 18 heavy (non-hydrogen) atoms. The molecule has 0 saturated heterocycles. The largest absolute Gasteiger partial charge is 0.481 e. The first-order valence-corrected chi connectivity index (χ1v) is 7.16. The van der Waals surface area contributed by atoms with Crippen LogP contribution in [0.5, 0.6) is 0 Å². The van der Waals surface area contributed by atoms with E-state index in [1.165, 1.54) is 32.1 Å². The minimum Gasteiger partial charge on any atom is -0.481 e. The average molecular weight is 253 g/mol. The minimum absolute atomic E-state index is 0.0317. The number of unbranched alkanes of at least 4 members (excludes halogenated alkanes) is 1. The van der Waals surface area contributed by atoms with Gasteiger partial charge in [-0.2, -0.15) is 0 Å². The van der Waals surface area contributed by atoms with Crippen LogP contribution in [0.1, 0.15) is 51.9 Å². The summed E-state index contributed by atoms with van der Waals surface area (Å²) in [7, 11) is 0. The highest BCUT2D eigenvalue weighted by molar-refractivity contribution is 5.89. The van der Waals surface area contributed by atoms with Gasteiger partial charge in [-0.05, 0) is 31.6 Å². The van der Waals surface area contributed by atoms with Gasteiger partial charge >= 0.3 is 5.97 Å². The molecule has 2 rings (SSSR count). The van der Waals surface area contributed by atoms with Crippen molar-refractivity contribution in [3.05, 3.63) is 0 Å². The fourth-order valence-electron chi connectivity index (χ4n) is 3.09. The van der Waals surface area contributed by atoms with Crippen molar-refractivity contribution in [1.29, 1.82) is 0 Å². The maximum absolute atomic E-state index is 11.9. The summed E-state index contributed by atoms with van der Waals surface area (Å²) in [5, 5.41) is 11.9. The highest BCUT2D eigenvalue weighted by atomic mass is 16.4. The molecule has 2 aliphatic rings. The van der Waals surface area contributed by atoms with Gasteiger partial charge in [-0.1, -0.05) is 26.2 Å². The van der Waals surface area contributed by atoms with E-state index in [9.17, 15) is 9.59 Å². The minimum atomic E-state index is -0.830. The number of rotatable bonds is 6. The van der Waals surface area contributed by atoms with Gasteiger partial charge in [0.2, 0.25) is 5.91 Å². The molecule has 4 atom stereocenters. The zero-order valence-corrected chi connectivity index (χ0v) is 11.0. The summed E-state index contributed by atoms with van der Waals surface area (Å²) < 4.78 is 0. The monoisotopic (exact) mass is 253 g/mol. The molecule has 2 fully saturated rings. The Morgan fingerprint density at radius 3 is 2.67 bits per heavy atom. The van der Waals surface area contributed by atoms with E-state index in [4.69, 9.17) is 5.11 Å². The Labute approximate surface area is 108 Å². The van der Waals surface area contributed by atoms with Gasteiger partial charge < -0.3 is 10.4 Å². The first kappa shape index (κ1) is 13.4. The first-order valence-electron chi connectivity index (χ1n) is 7.16. The van der Waals surface area contributed by atoms with E-state index < -0.39 is 11.9 Å². The molecular formula is C14H23NO3. The molecule has 0 aromatic carbocycles. The van der Waals surface area contributed by atoms with Gasteiger partial charge in [-0.3, -0.25) is 9.59 Å². The molecular weight excluding hydrogens is 230 g/mol. The molecule has 0 heterocycles. The molecule has 0 radical (unpaired) electrons. The molecule has 4 heteroatoms. The molecule has 0 spiro atoms. The van der Waals surface area contributed by atoms with Gasteiger partial charge in [0.1, 0.15) is 0 Å². The second kappa shape index (κ2) is 5.72. The quantitative estimate of drug-likeness (QED) is 0.762. The highest BCUT2D eigenvalue weighted by Gasteiger charge is 2.49. The Morgan fingerprint density at radius 1 is 1.28 bits per heavy atom. The Balaban J connectivity index is 1.78. The van der Waals surface area contributed by atoms with E-state index in [1.54, 1.807) is 0 Å². The fraction of sp³-hybridized carbons (Fsp3) is 0.857. The van der Waals surface area contributed by atoms with Crippen molar-refractivity contribution in [3.8, 4) is 0 Å². The average Bonchev–Trinajstić information content (AvgIpc) is 3.03. The topological polar surface area (TPSA) is 66.4 Å². The van der Waals surface area contributed by atoms with Crippen LogP contribution in [0.2, 0.25) is 0 Å². The third-order valence-corrected chi connectivity index (χ3v) is 4.36. The van der Waals surface area contributed by atoms with Crippen molar-refractivity contribution < 1.29 is 14.7 Å². The van der Waals surface area contributed by atoms with Crippen molar-refractivity contribution in [2.45, 2.75) is 57.9 Å². The van der Waals surface area contributed by atoms with E-state index in [0.717, 1.165) is 6.42 Å². The molecule has 102 valence electrons. The summed E-state index contributed by atoms with van der Waals surface area (Å²) >= 11 is 0. The Hall–Kier alpha value is -1.06. The highest BCUT2D eigenvalue weighted by Crippen LogP contribution is 2.39. The van der Waals surface area contributed by atoms with Crippen LogP contribution in [-0.4, -0.2) is 23.0 Å². The number of carbonyl (C=O) groups is 2. The lowest BCUT2D eigenvalue weighted by Gasteiger charge is -2.20. The van der Waals surface area contributed by atoms with E-state index in [2.05, 4.69) is 12.2 Å². The number of amides is 1. The fourth-order valence-corrected chi connectivity index (χ4v) is 3.09. The molecule has 1 amide bonds. The number of nitrogens with one attached hydrogen (secondary N) is 1. The van der Waals surface area contributed by atoms with Gasteiger partial charge in [-0.25, -0.2) is 0 Å². The van der Waals surface area contributed by atoms with E-state index in [0.29, 0.717) is 18.4 Å². The molecule has 0 aliphatic heterocycles. The lowest BCUT2D eigenvalue weighted by atomic mass is 9.96. The third kappa shape index (κ3) is 3.03. The Morgan fingerprint density at radius 2 is 2.06 bits per heavy atom. The van der Waals surface area contributed by atoms with Crippen LogP contribution in [0.15, 0.2) is 0 Å². The van der Waals surface area contributed by atoms with Gasteiger partial charge in [0.25, 0.3) is 0 Å². The summed E-state index contributed by atoms with van der Waals surface area (Å²) in [6.07, 6.45) is 7.58. The lowest BCUT2D eigenvalue weighted by molar-refractivity contribution is -0.140. The number of carboxylic acid groups (broad SMARTS) is 1. The maximum atomic E-state index is 11.9. The van der Waals surface area contributed by atoms with Crippen molar-refractivity contribution >= 4 is 11.9 Å². The second-order valence-corrected chi connectivity index (χ2v) is 5.74. The van der Waals surface area contributed by atoms with E-state index in [1.807, 2.05) is 0 Å². The van der Waals surface area contributed by atoms with Crippen LogP contribution in [-0.2, 0) is 9.59 Å². The van der Waals surface area contributed by atoms with Crippen LogP contribution < -0.4 is 5.32 Å². The molecule has 0 aromatic heterocycles. The Kier molecular flexibility index (Phi) is 4.25. The lowest BCUT2D eigenvalue weighted by Crippen LogP contribution is -2.38. The smallest absolute Gasteiger partial charge is 0.307 e. The van der Waals surface area contributed by atoms with Crippen molar-refractivity contribution in [3.63, 3.8) is 0 Å². The van der Waals surface area contributed by atoms with Crippen LogP contribution in [0.25, 0.3) is 0 Å². The van der Waals surface area contributed by atoms with Crippen LogP contribution >= 0.6 is 0 Å². The van der Waals surface area contributed by atoms with Gasteiger partial charge in [0.15, 0.2) is 0 Å². The molecule has 2 saturated carbocycles. The number of aliphatic carboxylic acids is 1. The van der Waals surface area contributed by atoms with Gasteiger partial charge in [0.05, 0.1) is 11.8 Å². The molecule has 0 aromatic rings. The molecule has 0 bridgehead atoms. The van der Waals surface area contributed by atoms with Crippen molar-refractivity contribution in [2.75, 3.05) is 0 Å². The number of carboxylic acids is 1. The normalized spacial score (nSPS) is 34.3. The molecule has 2 N–H and O–H groups in total. The summed E-state index contributed by atoms with van der Waals surface area (Å²) in [6, 6.07) is 0.291. The summed E-state index contributed by atoms with van der Waals surface area (Å²) in [5.41, 5.74) is 0. The van der Waals surface area contributed by atoms with E-state index in [-0.39, 0.29) is 11.8 Å². The summed E-state index contributed by atoms with van der Waals surface area (Å²) in [4.78, 5) is 22.7. The standard InChI is InChI=1S/C14H23NO3/c1-2-3-5-9-6-4-7-12(9)15-13(16)10-8-11(10)14(17)18/h9-12H,2-8H2,1H3,(H,15,16)(H,17,18). The predicted octanol–water partition coefficient (Wildman–Crippen LogP) is 2.18. The zero-order chi connectivity index (χ0) is 13.1. The summed E-state index contributed by atoms with van der Waals surface area (Å²) in [6.45, 7) is 2.18. The molecule has 2 aliphatic carbocycles. The number of hydrogen-bond acceptors (Lipinski definition) is 2. The van der Waals surface area contributed by atoms with Crippen molar-refractivity contribution in [1.82, 2.24) is 5.32 Å². The number of hydrogen-bond donors (Lipinski definition) is 2.